The van der Waals surface area contributed by atoms with Gasteiger partial charge in [0.25, 0.3) is 0 Å². The second kappa shape index (κ2) is 7.35. The van der Waals surface area contributed by atoms with Crippen LogP contribution in [0.15, 0.2) is 48.5 Å². The lowest BCUT2D eigenvalue weighted by Crippen LogP contribution is -2.34. The van der Waals surface area contributed by atoms with E-state index in [1.54, 1.807) is 30.3 Å². The van der Waals surface area contributed by atoms with E-state index in [1.807, 2.05) is 5.32 Å². The van der Waals surface area contributed by atoms with Crippen molar-refractivity contribution in [3.05, 3.63) is 71.3 Å². The van der Waals surface area contributed by atoms with Crippen LogP contribution in [0.3, 0.4) is 0 Å². The molecule has 5 nitrogen and oxygen atoms in total. The lowest BCUT2D eigenvalue weighted by Gasteiger charge is -2.15. The quantitative estimate of drug-likeness (QED) is 0.887. The molecule has 7 heteroatoms. The minimum atomic E-state index is -1.76. The van der Waals surface area contributed by atoms with Crippen LogP contribution in [0.5, 0.6) is 0 Å². The summed E-state index contributed by atoms with van der Waals surface area (Å²) in [6.07, 6.45) is -1.05. The van der Waals surface area contributed by atoms with Gasteiger partial charge in [-0.2, -0.15) is 0 Å². The van der Waals surface area contributed by atoms with Gasteiger partial charge >= 0.3 is 12.1 Å². The highest BCUT2D eigenvalue weighted by molar-refractivity contribution is 5.81. The third-order valence-corrected chi connectivity index (χ3v) is 3.01. The molecule has 0 heterocycles. The van der Waals surface area contributed by atoms with Crippen molar-refractivity contribution in [3.63, 3.8) is 0 Å². The zero-order valence-corrected chi connectivity index (χ0v) is 11.8. The Morgan fingerprint density at radius 3 is 2.43 bits per heavy atom. The smallest absolute Gasteiger partial charge is 0.408 e. The van der Waals surface area contributed by atoms with Gasteiger partial charge in [0.15, 0.2) is 17.7 Å². The SMILES string of the molecule is O=C(NC(C(=O)O)c1cccc(F)c1F)OCc1ccccc1. The average molecular weight is 321 g/mol. The number of alkyl carbamates (subject to hydrolysis) is 1. The fourth-order valence-corrected chi connectivity index (χ4v) is 1.90. The highest BCUT2D eigenvalue weighted by atomic mass is 19.2. The maximum atomic E-state index is 13.7. The van der Waals surface area contributed by atoms with Gasteiger partial charge in [-0.1, -0.05) is 42.5 Å². The van der Waals surface area contributed by atoms with Crippen molar-refractivity contribution >= 4 is 12.1 Å². The number of hydrogen-bond acceptors (Lipinski definition) is 3. The Labute approximate surface area is 130 Å². The molecule has 2 rings (SSSR count). The molecule has 0 aliphatic carbocycles. The van der Waals surface area contributed by atoms with Gasteiger partial charge < -0.3 is 15.2 Å². The molecule has 2 aromatic carbocycles. The molecular formula is C16H13F2NO4. The highest BCUT2D eigenvalue weighted by Crippen LogP contribution is 2.20. The van der Waals surface area contributed by atoms with E-state index in [1.165, 1.54) is 0 Å². The fraction of sp³-hybridized carbons (Fsp3) is 0.125. The number of aliphatic carboxylic acids is 1. The first-order valence-corrected chi connectivity index (χ1v) is 6.63. The van der Waals surface area contributed by atoms with Gasteiger partial charge in [-0.3, -0.25) is 0 Å². The normalized spacial score (nSPS) is 11.6. The minimum absolute atomic E-state index is 0.0787. The number of nitrogens with one attached hydrogen (secondary N) is 1. The number of carboxylic acid groups (broad SMARTS) is 1. The summed E-state index contributed by atoms with van der Waals surface area (Å²) in [6.45, 7) is -0.0787. The predicted molar refractivity (Wildman–Crippen MR) is 76.5 cm³/mol. The summed E-state index contributed by atoms with van der Waals surface area (Å²) in [7, 11) is 0. The number of carboxylic acids is 1. The Morgan fingerprint density at radius 1 is 1.09 bits per heavy atom. The maximum absolute atomic E-state index is 13.7. The Morgan fingerprint density at radius 2 is 1.78 bits per heavy atom. The Bertz CT molecular complexity index is 706. The third-order valence-electron chi connectivity index (χ3n) is 3.01. The van der Waals surface area contributed by atoms with Crippen molar-refractivity contribution in [1.82, 2.24) is 5.32 Å². The van der Waals surface area contributed by atoms with E-state index in [0.29, 0.717) is 5.56 Å². The molecule has 0 radical (unpaired) electrons. The molecule has 0 fully saturated rings. The molecule has 0 aliphatic rings. The molecule has 2 N–H and O–H groups in total. The molecule has 0 saturated heterocycles. The molecule has 1 atom stereocenters. The molecule has 1 amide bonds. The first-order valence-electron chi connectivity index (χ1n) is 6.63. The molecular weight excluding hydrogens is 308 g/mol. The average Bonchev–Trinajstić information content (AvgIpc) is 2.54. The number of amides is 1. The maximum Gasteiger partial charge on any atom is 0.408 e. The molecule has 2 aromatic rings. The number of hydrogen-bond donors (Lipinski definition) is 2. The number of rotatable bonds is 5. The van der Waals surface area contributed by atoms with Crippen LogP contribution in [0, 0.1) is 11.6 Å². The van der Waals surface area contributed by atoms with Gasteiger partial charge in [0.2, 0.25) is 0 Å². The van der Waals surface area contributed by atoms with Gasteiger partial charge in [0.05, 0.1) is 0 Å². The standard InChI is InChI=1S/C16H13F2NO4/c17-12-8-4-7-11(13(12)18)14(15(20)21)19-16(22)23-9-10-5-2-1-3-6-10/h1-8,14H,9H2,(H,19,22)(H,20,21). The molecule has 120 valence electrons. The zero-order chi connectivity index (χ0) is 16.8. The number of carbonyl (C=O) groups is 2. The Kier molecular flexibility index (Phi) is 5.24. The summed E-state index contributed by atoms with van der Waals surface area (Å²) >= 11 is 0. The number of carbonyl (C=O) groups excluding carboxylic acids is 1. The van der Waals surface area contributed by atoms with Crippen LogP contribution in [0.25, 0.3) is 0 Å². The lowest BCUT2D eigenvalue weighted by molar-refractivity contribution is -0.139. The lowest BCUT2D eigenvalue weighted by atomic mass is 10.1. The first-order chi connectivity index (χ1) is 11.0. The molecule has 0 aliphatic heterocycles. The molecule has 0 aromatic heterocycles. The Balaban J connectivity index is 2.06. The molecule has 0 saturated carbocycles. The van der Waals surface area contributed by atoms with Crippen LogP contribution >= 0.6 is 0 Å². The molecule has 1 unspecified atom stereocenters. The predicted octanol–water partition coefficient (Wildman–Crippen LogP) is 3.02. The molecule has 0 spiro atoms. The van der Waals surface area contributed by atoms with Crippen LogP contribution in [0.1, 0.15) is 17.2 Å². The van der Waals surface area contributed by atoms with E-state index >= 15 is 0 Å². The number of ether oxygens (including phenoxy) is 1. The van der Waals surface area contributed by atoms with Crippen LogP contribution in [0.4, 0.5) is 13.6 Å². The van der Waals surface area contributed by atoms with Crippen LogP contribution in [0.2, 0.25) is 0 Å². The zero-order valence-electron chi connectivity index (χ0n) is 11.8. The van der Waals surface area contributed by atoms with Crippen molar-refractivity contribution in [2.75, 3.05) is 0 Å². The second-order valence-electron chi connectivity index (χ2n) is 4.62. The van der Waals surface area contributed by atoms with Crippen molar-refractivity contribution in [1.29, 1.82) is 0 Å². The third kappa shape index (κ3) is 4.26. The van der Waals surface area contributed by atoms with E-state index in [0.717, 1.165) is 18.2 Å². The Hall–Kier alpha value is -2.96. The van der Waals surface area contributed by atoms with Crippen LogP contribution < -0.4 is 5.32 Å². The largest absolute Gasteiger partial charge is 0.479 e. The first kappa shape index (κ1) is 16.4. The van der Waals surface area contributed by atoms with E-state index in [4.69, 9.17) is 9.84 Å². The summed E-state index contributed by atoms with van der Waals surface area (Å²) in [5, 5.41) is 11.1. The van der Waals surface area contributed by atoms with Gasteiger partial charge in [0.1, 0.15) is 6.61 Å². The van der Waals surface area contributed by atoms with E-state index in [-0.39, 0.29) is 6.61 Å². The topological polar surface area (TPSA) is 75.6 Å². The van der Waals surface area contributed by atoms with Crippen molar-refractivity contribution in [3.8, 4) is 0 Å². The number of benzene rings is 2. The summed E-state index contributed by atoms with van der Waals surface area (Å²) in [6, 6.07) is 10.0. The van der Waals surface area contributed by atoms with Crippen LogP contribution in [-0.2, 0) is 16.1 Å². The van der Waals surface area contributed by atoms with Gasteiger partial charge in [0, 0.05) is 5.56 Å². The summed E-state index contributed by atoms with van der Waals surface area (Å²) < 4.78 is 31.8. The van der Waals surface area contributed by atoms with Gasteiger partial charge in [-0.15, -0.1) is 0 Å². The second-order valence-corrected chi connectivity index (χ2v) is 4.62. The highest BCUT2D eigenvalue weighted by Gasteiger charge is 2.27. The summed E-state index contributed by atoms with van der Waals surface area (Å²) in [5.74, 6) is -4.07. The fourth-order valence-electron chi connectivity index (χ4n) is 1.90. The molecule has 0 bridgehead atoms. The van der Waals surface area contributed by atoms with Crippen molar-refractivity contribution < 1.29 is 28.2 Å². The van der Waals surface area contributed by atoms with Crippen molar-refractivity contribution in [2.24, 2.45) is 0 Å². The van der Waals surface area contributed by atoms with Gasteiger partial charge in [-0.05, 0) is 11.6 Å². The number of halogens is 2. The van der Waals surface area contributed by atoms with E-state index in [2.05, 4.69) is 0 Å². The van der Waals surface area contributed by atoms with E-state index < -0.39 is 35.3 Å². The van der Waals surface area contributed by atoms with Crippen LogP contribution in [-0.4, -0.2) is 17.2 Å². The minimum Gasteiger partial charge on any atom is -0.479 e. The van der Waals surface area contributed by atoms with Crippen molar-refractivity contribution in [2.45, 2.75) is 12.6 Å². The van der Waals surface area contributed by atoms with Gasteiger partial charge in [-0.25, -0.2) is 18.4 Å². The monoisotopic (exact) mass is 321 g/mol. The molecule has 23 heavy (non-hydrogen) atoms. The van der Waals surface area contributed by atoms with E-state index in [9.17, 15) is 18.4 Å². The summed E-state index contributed by atoms with van der Waals surface area (Å²) in [4.78, 5) is 22.9. The summed E-state index contributed by atoms with van der Waals surface area (Å²) in [5.41, 5.74) is 0.209.